The minimum atomic E-state index is -0.564. The van der Waals surface area contributed by atoms with E-state index < -0.39 is 5.92 Å². The van der Waals surface area contributed by atoms with Crippen molar-refractivity contribution < 1.29 is 9.32 Å². The maximum absolute atomic E-state index is 12.7. The van der Waals surface area contributed by atoms with Gasteiger partial charge in [-0.2, -0.15) is 0 Å². The Morgan fingerprint density at radius 2 is 2.00 bits per heavy atom. The van der Waals surface area contributed by atoms with Crippen LogP contribution in [0.1, 0.15) is 22.9 Å². The number of hydrogen-bond donors (Lipinski definition) is 1. The Balaban J connectivity index is 1.94. The van der Waals surface area contributed by atoms with Crippen LogP contribution in [0.2, 0.25) is 5.02 Å². The maximum atomic E-state index is 12.7. The lowest BCUT2D eigenvalue weighted by Crippen LogP contribution is -2.23. The second-order valence-corrected chi connectivity index (χ2v) is 5.49. The molecule has 116 valence electrons. The molecule has 0 radical (unpaired) electrons. The molecule has 5 nitrogen and oxygen atoms in total. The standard InChI is InChI=1S/C17H14ClN3O2/c1-11-10-15(21-23-11)20-17(22)16(14-4-2-3-9-19-14)12-5-7-13(18)8-6-12/h2-10,16H,1H3,(H,20,21,22). The summed E-state index contributed by atoms with van der Waals surface area (Å²) in [6.07, 6.45) is 1.66. The van der Waals surface area contributed by atoms with Crippen LogP contribution < -0.4 is 5.32 Å². The van der Waals surface area contributed by atoms with Crippen molar-refractivity contribution in [3.8, 4) is 0 Å². The average molecular weight is 328 g/mol. The summed E-state index contributed by atoms with van der Waals surface area (Å²) in [6.45, 7) is 1.76. The Morgan fingerprint density at radius 1 is 1.22 bits per heavy atom. The smallest absolute Gasteiger partial charge is 0.239 e. The molecule has 3 rings (SSSR count). The predicted octanol–water partition coefficient (Wildman–Crippen LogP) is 3.80. The topological polar surface area (TPSA) is 68.0 Å². The van der Waals surface area contributed by atoms with Gasteiger partial charge in [0.05, 0.1) is 5.69 Å². The fraction of sp³-hybridized carbons (Fsp3) is 0.118. The van der Waals surface area contributed by atoms with Gasteiger partial charge >= 0.3 is 0 Å². The van der Waals surface area contributed by atoms with E-state index in [1.54, 1.807) is 37.4 Å². The molecule has 0 saturated carbocycles. The first-order valence-corrected chi connectivity index (χ1v) is 7.42. The molecule has 3 aromatic rings. The van der Waals surface area contributed by atoms with E-state index >= 15 is 0 Å². The molecule has 0 aliphatic rings. The van der Waals surface area contributed by atoms with Gasteiger partial charge in [-0.05, 0) is 36.8 Å². The first-order chi connectivity index (χ1) is 11.1. The van der Waals surface area contributed by atoms with Crippen molar-refractivity contribution >= 4 is 23.3 Å². The second kappa shape index (κ2) is 6.62. The maximum Gasteiger partial charge on any atom is 0.239 e. The molecule has 0 aliphatic carbocycles. The summed E-state index contributed by atoms with van der Waals surface area (Å²) in [5.41, 5.74) is 1.44. The SMILES string of the molecule is Cc1cc(NC(=O)C(c2ccc(Cl)cc2)c2ccccn2)no1. The minimum Gasteiger partial charge on any atom is -0.360 e. The molecule has 6 heteroatoms. The fourth-order valence-corrected chi connectivity index (χ4v) is 2.41. The van der Waals surface area contributed by atoms with E-state index in [2.05, 4.69) is 15.5 Å². The van der Waals surface area contributed by atoms with Gasteiger partial charge in [0.1, 0.15) is 11.7 Å². The van der Waals surface area contributed by atoms with Crippen LogP contribution in [0.4, 0.5) is 5.82 Å². The number of nitrogens with one attached hydrogen (secondary N) is 1. The first kappa shape index (κ1) is 15.2. The van der Waals surface area contributed by atoms with Gasteiger partial charge in [0, 0.05) is 17.3 Å². The third-order valence-corrected chi connectivity index (χ3v) is 3.58. The third kappa shape index (κ3) is 3.57. The number of halogens is 1. The summed E-state index contributed by atoms with van der Waals surface area (Å²) in [5.74, 6) is 0.202. The van der Waals surface area contributed by atoms with Gasteiger partial charge in [0.2, 0.25) is 5.91 Å². The molecule has 0 saturated heterocycles. The van der Waals surface area contributed by atoms with Crippen molar-refractivity contribution in [1.29, 1.82) is 0 Å². The van der Waals surface area contributed by atoms with E-state index in [0.29, 0.717) is 22.3 Å². The number of hydrogen-bond acceptors (Lipinski definition) is 4. The van der Waals surface area contributed by atoms with E-state index in [1.807, 2.05) is 24.3 Å². The highest BCUT2D eigenvalue weighted by atomic mass is 35.5. The van der Waals surface area contributed by atoms with Gasteiger partial charge < -0.3 is 9.84 Å². The number of anilines is 1. The predicted molar refractivity (Wildman–Crippen MR) is 87.4 cm³/mol. The summed E-state index contributed by atoms with van der Waals surface area (Å²) in [4.78, 5) is 17.1. The highest BCUT2D eigenvalue weighted by molar-refractivity contribution is 6.30. The minimum absolute atomic E-state index is 0.237. The van der Waals surface area contributed by atoms with Crippen molar-refractivity contribution in [1.82, 2.24) is 10.1 Å². The van der Waals surface area contributed by atoms with Crippen molar-refractivity contribution in [3.05, 3.63) is 76.8 Å². The van der Waals surface area contributed by atoms with Crippen LogP contribution in [-0.2, 0) is 4.79 Å². The molecular formula is C17H14ClN3O2. The van der Waals surface area contributed by atoms with Gasteiger partial charge in [-0.15, -0.1) is 0 Å². The summed E-state index contributed by atoms with van der Waals surface area (Å²) in [7, 11) is 0. The molecule has 0 fully saturated rings. The quantitative estimate of drug-likeness (QED) is 0.791. The third-order valence-electron chi connectivity index (χ3n) is 3.33. The highest BCUT2D eigenvalue weighted by Gasteiger charge is 2.24. The molecule has 0 aliphatic heterocycles. The largest absolute Gasteiger partial charge is 0.360 e. The molecule has 1 aromatic carbocycles. The molecule has 2 heterocycles. The molecule has 1 amide bonds. The summed E-state index contributed by atoms with van der Waals surface area (Å²) in [5, 5.41) is 7.16. The van der Waals surface area contributed by atoms with Gasteiger partial charge in [0.15, 0.2) is 5.82 Å². The van der Waals surface area contributed by atoms with Crippen LogP contribution in [0.3, 0.4) is 0 Å². The first-order valence-electron chi connectivity index (χ1n) is 7.04. The lowest BCUT2D eigenvalue weighted by atomic mass is 9.94. The number of aryl methyl sites for hydroxylation is 1. The van der Waals surface area contributed by atoms with Gasteiger partial charge in [-0.1, -0.05) is 35.0 Å². The Bertz CT molecular complexity index is 800. The molecule has 1 N–H and O–H groups in total. The van der Waals surface area contributed by atoms with Gasteiger partial charge in [-0.3, -0.25) is 9.78 Å². The molecule has 0 spiro atoms. The van der Waals surface area contributed by atoms with Crippen molar-refractivity contribution in [2.45, 2.75) is 12.8 Å². The Hall–Kier alpha value is -2.66. The molecule has 1 atom stereocenters. The number of amides is 1. The number of carbonyl (C=O) groups is 1. The number of pyridine rings is 1. The van der Waals surface area contributed by atoms with Crippen LogP contribution in [0, 0.1) is 6.92 Å². The van der Waals surface area contributed by atoms with E-state index in [9.17, 15) is 4.79 Å². The van der Waals surface area contributed by atoms with Crippen molar-refractivity contribution in [2.75, 3.05) is 5.32 Å². The fourth-order valence-electron chi connectivity index (χ4n) is 2.28. The van der Waals surface area contributed by atoms with Crippen LogP contribution in [-0.4, -0.2) is 16.0 Å². The van der Waals surface area contributed by atoms with Crippen LogP contribution in [0.15, 0.2) is 59.3 Å². The van der Waals surface area contributed by atoms with E-state index in [1.165, 1.54) is 0 Å². The van der Waals surface area contributed by atoms with Crippen LogP contribution in [0.5, 0.6) is 0 Å². The summed E-state index contributed by atoms with van der Waals surface area (Å²) in [6, 6.07) is 14.3. The molecule has 23 heavy (non-hydrogen) atoms. The van der Waals surface area contributed by atoms with Gasteiger partial charge in [0.25, 0.3) is 0 Å². The zero-order valence-electron chi connectivity index (χ0n) is 12.4. The molecule has 1 unspecified atom stereocenters. The molecule has 2 aromatic heterocycles. The second-order valence-electron chi connectivity index (χ2n) is 5.05. The monoisotopic (exact) mass is 327 g/mol. The van der Waals surface area contributed by atoms with Crippen LogP contribution in [0.25, 0.3) is 0 Å². The normalized spacial score (nSPS) is 11.9. The number of nitrogens with zero attached hydrogens (tertiary/aromatic N) is 2. The molecule has 0 bridgehead atoms. The van der Waals surface area contributed by atoms with E-state index in [0.717, 1.165) is 5.56 Å². The van der Waals surface area contributed by atoms with Crippen molar-refractivity contribution in [3.63, 3.8) is 0 Å². The summed E-state index contributed by atoms with van der Waals surface area (Å²) < 4.78 is 4.97. The summed E-state index contributed by atoms with van der Waals surface area (Å²) >= 11 is 5.94. The number of aromatic nitrogens is 2. The number of carbonyl (C=O) groups excluding carboxylic acids is 1. The lowest BCUT2D eigenvalue weighted by molar-refractivity contribution is -0.116. The number of benzene rings is 1. The van der Waals surface area contributed by atoms with Crippen LogP contribution >= 0.6 is 11.6 Å². The molecular weight excluding hydrogens is 314 g/mol. The Labute approximate surface area is 138 Å². The highest BCUT2D eigenvalue weighted by Crippen LogP contribution is 2.26. The van der Waals surface area contributed by atoms with E-state index in [4.69, 9.17) is 16.1 Å². The van der Waals surface area contributed by atoms with E-state index in [-0.39, 0.29) is 5.91 Å². The van der Waals surface area contributed by atoms with Crippen molar-refractivity contribution in [2.24, 2.45) is 0 Å². The number of rotatable bonds is 4. The van der Waals surface area contributed by atoms with Gasteiger partial charge in [-0.25, -0.2) is 0 Å². The lowest BCUT2D eigenvalue weighted by Gasteiger charge is -2.16. The zero-order valence-corrected chi connectivity index (χ0v) is 13.1. The Kier molecular flexibility index (Phi) is 4.39. The average Bonchev–Trinajstić information content (AvgIpc) is 2.95. The Morgan fingerprint density at radius 3 is 2.61 bits per heavy atom. The zero-order chi connectivity index (χ0) is 16.2.